The van der Waals surface area contributed by atoms with Crippen molar-refractivity contribution in [2.75, 3.05) is 0 Å². The summed E-state index contributed by atoms with van der Waals surface area (Å²) >= 11 is 0. The maximum Gasteiger partial charge on any atom is -0.00263 e. The molecule has 0 N–H and O–H groups in total. The van der Waals surface area contributed by atoms with Gasteiger partial charge in [0.2, 0.25) is 0 Å². The molecule has 0 aliphatic heterocycles. The van der Waals surface area contributed by atoms with Crippen LogP contribution in [-0.2, 0) is 6.42 Å². The molecule has 0 spiro atoms. The van der Waals surface area contributed by atoms with Crippen LogP contribution in [-0.4, -0.2) is 0 Å². The highest BCUT2D eigenvalue weighted by atomic mass is 13.9. The molecule has 0 aliphatic rings. The lowest BCUT2D eigenvalue weighted by Crippen LogP contribution is -1.77. The highest BCUT2D eigenvalue weighted by Gasteiger charge is 1.83. The molecular formula is C10H11. The molecule has 0 heteroatoms. The Labute approximate surface area is 62.2 Å². The summed E-state index contributed by atoms with van der Waals surface area (Å²) in [6.45, 7) is 1.99. The van der Waals surface area contributed by atoms with E-state index in [0.29, 0.717) is 0 Å². The Bertz CT molecular complexity index is 197. The SMILES string of the molecule is C/C=[C]/Cc1ccccc1. The van der Waals surface area contributed by atoms with Gasteiger partial charge in [0, 0.05) is 0 Å². The van der Waals surface area contributed by atoms with Crippen LogP contribution < -0.4 is 0 Å². The first-order valence-electron chi connectivity index (χ1n) is 3.48. The molecule has 0 nitrogen and oxygen atoms in total. The molecule has 1 rings (SSSR count). The second-order valence-corrected chi connectivity index (χ2v) is 2.16. The highest BCUT2D eigenvalue weighted by molar-refractivity contribution is 5.15. The molecule has 1 radical (unpaired) electrons. The Balaban J connectivity index is 2.59. The molecule has 0 heterocycles. The third-order valence-corrected chi connectivity index (χ3v) is 1.35. The van der Waals surface area contributed by atoms with Crippen LogP contribution in [0, 0.1) is 6.08 Å². The zero-order valence-electron chi connectivity index (χ0n) is 6.17. The Morgan fingerprint density at radius 2 is 2.00 bits per heavy atom. The minimum absolute atomic E-state index is 0.928. The summed E-state index contributed by atoms with van der Waals surface area (Å²) < 4.78 is 0. The van der Waals surface area contributed by atoms with Crippen LogP contribution in [0.1, 0.15) is 12.5 Å². The standard InChI is InChI=1S/C10H11/c1-2-3-7-10-8-5-4-6-9-10/h2,4-6,8-9H,7H2,1H3. The summed E-state index contributed by atoms with van der Waals surface area (Å²) in [6, 6.07) is 10.3. The predicted octanol–water partition coefficient (Wildman–Crippen LogP) is 2.61. The first-order valence-corrected chi connectivity index (χ1v) is 3.48. The summed E-state index contributed by atoms with van der Waals surface area (Å²) in [6.07, 6.45) is 6.02. The number of hydrogen-bond acceptors (Lipinski definition) is 0. The van der Waals surface area contributed by atoms with E-state index in [4.69, 9.17) is 0 Å². The lowest BCUT2D eigenvalue weighted by atomic mass is 10.1. The van der Waals surface area contributed by atoms with E-state index >= 15 is 0 Å². The topological polar surface area (TPSA) is 0 Å². The second-order valence-electron chi connectivity index (χ2n) is 2.16. The zero-order chi connectivity index (χ0) is 7.23. The molecule has 0 aromatic heterocycles. The third kappa shape index (κ3) is 2.06. The number of hydrogen-bond donors (Lipinski definition) is 0. The maximum absolute atomic E-state index is 3.14. The fourth-order valence-corrected chi connectivity index (χ4v) is 0.816. The first kappa shape index (κ1) is 7.07. The van der Waals surface area contributed by atoms with Crippen LogP contribution in [0.15, 0.2) is 36.4 Å². The van der Waals surface area contributed by atoms with Gasteiger partial charge in [-0.2, -0.15) is 0 Å². The monoisotopic (exact) mass is 131 g/mol. The van der Waals surface area contributed by atoms with E-state index < -0.39 is 0 Å². The molecule has 0 amide bonds. The van der Waals surface area contributed by atoms with Gasteiger partial charge in [0.05, 0.1) is 0 Å². The van der Waals surface area contributed by atoms with E-state index in [1.165, 1.54) is 5.56 Å². The van der Waals surface area contributed by atoms with Gasteiger partial charge < -0.3 is 0 Å². The normalized spacial score (nSPS) is 10.5. The van der Waals surface area contributed by atoms with Crippen LogP contribution >= 0.6 is 0 Å². The van der Waals surface area contributed by atoms with E-state index in [2.05, 4.69) is 18.2 Å². The van der Waals surface area contributed by atoms with Gasteiger partial charge in [-0.3, -0.25) is 0 Å². The molecule has 0 saturated heterocycles. The average Bonchev–Trinajstić information content (AvgIpc) is 2.03. The van der Waals surface area contributed by atoms with Gasteiger partial charge >= 0.3 is 0 Å². The van der Waals surface area contributed by atoms with Crippen molar-refractivity contribution in [3.05, 3.63) is 48.0 Å². The Hall–Kier alpha value is -1.04. The summed E-state index contributed by atoms with van der Waals surface area (Å²) in [5, 5.41) is 0. The summed E-state index contributed by atoms with van der Waals surface area (Å²) in [5.41, 5.74) is 1.32. The molecule has 0 saturated carbocycles. The van der Waals surface area contributed by atoms with Crippen LogP contribution in [0.3, 0.4) is 0 Å². The number of rotatable bonds is 2. The van der Waals surface area contributed by atoms with Gasteiger partial charge in [-0.05, 0) is 25.0 Å². The fraction of sp³-hybridized carbons (Fsp3) is 0.200. The van der Waals surface area contributed by atoms with Crippen LogP contribution in [0.4, 0.5) is 0 Å². The Morgan fingerprint density at radius 1 is 1.30 bits per heavy atom. The van der Waals surface area contributed by atoms with Crippen molar-refractivity contribution in [1.29, 1.82) is 0 Å². The van der Waals surface area contributed by atoms with Crippen molar-refractivity contribution >= 4 is 0 Å². The van der Waals surface area contributed by atoms with E-state index in [0.717, 1.165) is 6.42 Å². The van der Waals surface area contributed by atoms with Crippen molar-refractivity contribution in [3.63, 3.8) is 0 Å². The van der Waals surface area contributed by atoms with Crippen LogP contribution in [0.2, 0.25) is 0 Å². The molecular weight excluding hydrogens is 120 g/mol. The molecule has 1 aromatic rings. The van der Waals surface area contributed by atoms with Gasteiger partial charge in [0.1, 0.15) is 0 Å². The summed E-state index contributed by atoms with van der Waals surface area (Å²) in [7, 11) is 0. The van der Waals surface area contributed by atoms with Gasteiger partial charge in [-0.25, -0.2) is 0 Å². The summed E-state index contributed by atoms with van der Waals surface area (Å²) in [5.74, 6) is 0. The molecule has 1 aromatic carbocycles. The predicted molar refractivity (Wildman–Crippen MR) is 43.6 cm³/mol. The van der Waals surface area contributed by atoms with Crippen LogP contribution in [0.5, 0.6) is 0 Å². The molecule has 0 aliphatic carbocycles. The van der Waals surface area contributed by atoms with Gasteiger partial charge in [-0.1, -0.05) is 36.4 Å². The fourth-order valence-electron chi connectivity index (χ4n) is 0.816. The lowest BCUT2D eigenvalue weighted by molar-refractivity contribution is 1.23. The third-order valence-electron chi connectivity index (χ3n) is 1.35. The molecule has 0 atom stereocenters. The molecule has 0 unspecified atom stereocenters. The van der Waals surface area contributed by atoms with Crippen molar-refractivity contribution in [1.82, 2.24) is 0 Å². The van der Waals surface area contributed by atoms with Gasteiger partial charge in [0.25, 0.3) is 0 Å². The quantitative estimate of drug-likeness (QED) is 0.578. The van der Waals surface area contributed by atoms with Gasteiger partial charge in [-0.15, -0.1) is 0 Å². The highest BCUT2D eigenvalue weighted by Crippen LogP contribution is 1.98. The number of allylic oxidation sites excluding steroid dienone is 2. The Kier molecular flexibility index (Phi) is 2.75. The molecule has 0 bridgehead atoms. The summed E-state index contributed by atoms with van der Waals surface area (Å²) in [4.78, 5) is 0. The second kappa shape index (κ2) is 3.89. The minimum Gasteiger partial charge on any atom is -0.0838 e. The van der Waals surface area contributed by atoms with E-state index in [-0.39, 0.29) is 0 Å². The average molecular weight is 131 g/mol. The molecule has 51 valence electrons. The van der Waals surface area contributed by atoms with Crippen molar-refractivity contribution in [2.45, 2.75) is 13.3 Å². The largest absolute Gasteiger partial charge is 0.0838 e. The first-order chi connectivity index (χ1) is 4.93. The Morgan fingerprint density at radius 3 is 2.60 bits per heavy atom. The van der Waals surface area contributed by atoms with Gasteiger partial charge in [0.15, 0.2) is 0 Å². The maximum atomic E-state index is 3.14. The lowest BCUT2D eigenvalue weighted by Gasteiger charge is -1.91. The van der Waals surface area contributed by atoms with Crippen molar-refractivity contribution in [2.24, 2.45) is 0 Å². The van der Waals surface area contributed by atoms with Crippen molar-refractivity contribution < 1.29 is 0 Å². The number of benzene rings is 1. The van der Waals surface area contributed by atoms with Crippen molar-refractivity contribution in [3.8, 4) is 0 Å². The molecule has 10 heavy (non-hydrogen) atoms. The smallest absolute Gasteiger partial charge is 0.00263 e. The zero-order valence-corrected chi connectivity index (χ0v) is 6.17. The van der Waals surface area contributed by atoms with E-state index in [1.807, 2.05) is 31.2 Å². The van der Waals surface area contributed by atoms with E-state index in [9.17, 15) is 0 Å². The van der Waals surface area contributed by atoms with E-state index in [1.54, 1.807) is 0 Å². The molecule has 0 fully saturated rings. The van der Waals surface area contributed by atoms with Crippen LogP contribution in [0.25, 0.3) is 0 Å². The minimum atomic E-state index is 0.928.